The topological polar surface area (TPSA) is 57.6 Å². The van der Waals surface area contributed by atoms with Crippen LogP contribution in [0.1, 0.15) is 43.5 Å². The summed E-state index contributed by atoms with van der Waals surface area (Å²) in [6.45, 7) is 8.17. The molecule has 0 atom stereocenters. The van der Waals surface area contributed by atoms with E-state index in [0.717, 1.165) is 28.8 Å². The zero-order valence-corrected chi connectivity index (χ0v) is 16.4. The molecule has 0 aliphatic carbocycles. The maximum absolute atomic E-state index is 13.0. The van der Waals surface area contributed by atoms with Crippen LogP contribution in [-0.4, -0.2) is 28.4 Å². The summed E-state index contributed by atoms with van der Waals surface area (Å²) in [5, 5.41) is 9.64. The van der Waals surface area contributed by atoms with Crippen molar-refractivity contribution in [3.05, 3.63) is 82.1 Å². The Morgan fingerprint density at radius 2 is 1.96 bits per heavy atom. The number of carboxylic acids is 1. The van der Waals surface area contributed by atoms with Crippen LogP contribution in [-0.2, 0) is 4.79 Å². The van der Waals surface area contributed by atoms with E-state index in [1.165, 1.54) is 0 Å². The lowest BCUT2D eigenvalue weighted by atomic mass is 10.0. The van der Waals surface area contributed by atoms with Gasteiger partial charge in [0, 0.05) is 16.3 Å². The Morgan fingerprint density at radius 3 is 2.52 bits per heavy atom. The van der Waals surface area contributed by atoms with Gasteiger partial charge >= 0.3 is 5.97 Å². The second-order valence-corrected chi connectivity index (χ2v) is 6.80. The predicted molar refractivity (Wildman–Crippen MR) is 109 cm³/mol. The number of halogens is 1. The summed E-state index contributed by atoms with van der Waals surface area (Å²) in [6.07, 6.45) is 6.88. The summed E-state index contributed by atoms with van der Waals surface area (Å²) in [5.41, 5.74) is 4.38. The molecule has 1 aromatic carbocycles. The van der Waals surface area contributed by atoms with Gasteiger partial charge in [-0.2, -0.15) is 0 Å². The van der Waals surface area contributed by atoms with E-state index in [-0.39, 0.29) is 12.3 Å². The molecule has 2 rings (SSSR count). The Morgan fingerprint density at radius 1 is 1.30 bits per heavy atom. The number of rotatable bonds is 7. The number of aliphatic carboxylic acids is 1. The van der Waals surface area contributed by atoms with Crippen molar-refractivity contribution >= 4 is 23.5 Å². The van der Waals surface area contributed by atoms with E-state index in [1.54, 1.807) is 35.2 Å². The molecule has 142 valence electrons. The van der Waals surface area contributed by atoms with Crippen molar-refractivity contribution in [1.29, 1.82) is 0 Å². The maximum atomic E-state index is 13.0. The van der Waals surface area contributed by atoms with Gasteiger partial charge in [0.2, 0.25) is 0 Å². The van der Waals surface area contributed by atoms with Gasteiger partial charge in [-0.1, -0.05) is 43.3 Å². The number of carbonyl (C=O) groups is 2. The number of carbonyl (C=O) groups excluding carboxylic acids is 1. The van der Waals surface area contributed by atoms with Crippen LogP contribution < -0.4 is 0 Å². The number of amides is 1. The third-order valence-corrected chi connectivity index (χ3v) is 4.83. The van der Waals surface area contributed by atoms with Gasteiger partial charge in [0.1, 0.15) is 0 Å². The molecule has 27 heavy (non-hydrogen) atoms. The fourth-order valence-corrected chi connectivity index (χ4v) is 3.19. The molecule has 1 amide bonds. The van der Waals surface area contributed by atoms with Gasteiger partial charge in [0.05, 0.1) is 13.0 Å². The number of hydrogen-bond acceptors (Lipinski definition) is 2. The van der Waals surface area contributed by atoms with E-state index in [0.29, 0.717) is 23.6 Å². The minimum absolute atomic E-state index is 0.0204. The summed E-state index contributed by atoms with van der Waals surface area (Å²) < 4.78 is 0. The average molecular weight is 386 g/mol. The Hall–Kier alpha value is -2.59. The number of hydrogen-bond donors (Lipinski definition) is 1. The van der Waals surface area contributed by atoms with Crippen LogP contribution in [0.4, 0.5) is 0 Å². The lowest BCUT2D eigenvalue weighted by Crippen LogP contribution is -2.28. The van der Waals surface area contributed by atoms with Crippen LogP contribution in [0.5, 0.6) is 0 Å². The van der Waals surface area contributed by atoms with Crippen molar-refractivity contribution in [2.45, 2.75) is 33.1 Å². The van der Waals surface area contributed by atoms with Crippen LogP contribution in [0.3, 0.4) is 0 Å². The molecular formula is C22H24ClNO3. The molecule has 0 aromatic heterocycles. The Balaban J connectivity index is 2.40. The van der Waals surface area contributed by atoms with E-state index < -0.39 is 5.97 Å². The number of allylic oxidation sites excluding steroid dienone is 5. The normalized spacial score (nSPS) is 16.2. The first kappa shape index (κ1) is 20.7. The lowest BCUT2D eigenvalue weighted by molar-refractivity contribution is -0.137. The molecule has 0 saturated carbocycles. The smallest absolute Gasteiger partial charge is 0.303 e. The highest BCUT2D eigenvalue weighted by Gasteiger charge is 2.29. The van der Waals surface area contributed by atoms with E-state index in [1.807, 2.05) is 13.0 Å². The standard InChI is InChI=1S/C22H24ClNO3/c1-4-6-16(5-2)13-18-14-24(20(15(18)3)11-12-21(25)26)22(27)17-7-9-19(23)10-8-17/h4,6-10,13H,1,5,11-12,14H2,2-3H3,(H,25,26)/b16-6-,18-13+. The molecule has 0 spiro atoms. The largest absolute Gasteiger partial charge is 0.481 e. The first-order chi connectivity index (χ1) is 12.9. The zero-order chi connectivity index (χ0) is 20.0. The quantitative estimate of drug-likeness (QED) is 0.640. The molecule has 0 saturated heterocycles. The molecule has 4 nitrogen and oxygen atoms in total. The van der Waals surface area contributed by atoms with Gasteiger partial charge in [-0.3, -0.25) is 9.59 Å². The molecule has 1 N–H and O–H groups in total. The molecule has 1 heterocycles. The number of nitrogens with zero attached hydrogens (tertiary/aromatic N) is 1. The van der Waals surface area contributed by atoms with Crippen LogP contribution >= 0.6 is 11.6 Å². The SMILES string of the molecule is C=C/C=C(\C=C1/CN(C(=O)c2ccc(Cl)cc2)C(CCC(=O)O)=C1C)CC. The summed E-state index contributed by atoms with van der Waals surface area (Å²) in [6, 6.07) is 6.73. The summed E-state index contributed by atoms with van der Waals surface area (Å²) in [7, 11) is 0. The molecule has 0 radical (unpaired) electrons. The maximum Gasteiger partial charge on any atom is 0.303 e. The Bertz CT molecular complexity index is 832. The number of carboxylic acid groups (broad SMARTS) is 1. The van der Waals surface area contributed by atoms with Gasteiger partial charge in [0.15, 0.2) is 0 Å². The van der Waals surface area contributed by atoms with Crippen LogP contribution in [0, 0.1) is 0 Å². The van der Waals surface area contributed by atoms with Crippen molar-refractivity contribution in [3.8, 4) is 0 Å². The van der Waals surface area contributed by atoms with Crippen molar-refractivity contribution in [2.75, 3.05) is 6.54 Å². The van der Waals surface area contributed by atoms with Gasteiger partial charge in [-0.15, -0.1) is 0 Å². The highest BCUT2D eigenvalue weighted by molar-refractivity contribution is 6.30. The molecule has 1 aromatic rings. The minimum Gasteiger partial charge on any atom is -0.481 e. The summed E-state index contributed by atoms with van der Waals surface area (Å²) in [4.78, 5) is 25.8. The third-order valence-electron chi connectivity index (χ3n) is 4.58. The minimum atomic E-state index is -0.882. The summed E-state index contributed by atoms with van der Waals surface area (Å²) >= 11 is 5.92. The fourth-order valence-electron chi connectivity index (χ4n) is 3.06. The number of benzene rings is 1. The first-order valence-electron chi connectivity index (χ1n) is 8.88. The van der Waals surface area contributed by atoms with Crippen molar-refractivity contribution < 1.29 is 14.7 Å². The van der Waals surface area contributed by atoms with Crippen LogP contribution in [0.2, 0.25) is 5.02 Å². The monoisotopic (exact) mass is 385 g/mol. The highest BCUT2D eigenvalue weighted by atomic mass is 35.5. The van der Waals surface area contributed by atoms with E-state index in [2.05, 4.69) is 19.6 Å². The molecule has 5 heteroatoms. The van der Waals surface area contributed by atoms with Gasteiger partial charge in [0.25, 0.3) is 5.91 Å². The Kier molecular flexibility index (Phi) is 7.19. The van der Waals surface area contributed by atoms with E-state index >= 15 is 0 Å². The third kappa shape index (κ3) is 5.20. The Labute approximate surface area is 165 Å². The fraction of sp³-hybridized carbons (Fsp3) is 0.273. The molecule has 0 bridgehead atoms. The molecule has 1 aliphatic heterocycles. The highest BCUT2D eigenvalue weighted by Crippen LogP contribution is 2.33. The lowest BCUT2D eigenvalue weighted by Gasteiger charge is -2.20. The molecule has 0 fully saturated rings. The summed E-state index contributed by atoms with van der Waals surface area (Å²) in [5.74, 6) is -1.03. The van der Waals surface area contributed by atoms with E-state index in [4.69, 9.17) is 16.7 Å². The second-order valence-electron chi connectivity index (χ2n) is 6.36. The predicted octanol–water partition coefficient (Wildman–Crippen LogP) is 5.38. The average Bonchev–Trinajstić information content (AvgIpc) is 2.95. The molecule has 0 unspecified atom stereocenters. The van der Waals surface area contributed by atoms with Crippen molar-refractivity contribution in [2.24, 2.45) is 0 Å². The van der Waals surface area contributed by atoms with Gasteiger partial charge < -0.3 is 10.0 Å². The van der Waals surface area contributed by atoms with Crippen molar-refractivity contribution in [3.63, 3.8) is 0 Å². The van der Waals surface area contributed by atoms with E-state index in [9.17, 15) is 9.59 Å². The van der Waals surface area contributed by atoms with Crippen molar-refractivity contribution in [1.82, 2.24) is 4.90 Å². The second kappa shape index (κ2) is 9.38. The van der Waals surface area contributed by atoms with Gasteiger partial charge in [-0.25, -0.2) is 0 Å². The van der Waals surface area contributed by atoms with Gasteiger partial charge in [-0.05, 0) is 60.8 Å². The van der Waals surface area contributed by atoms with Crippen LogP contribution in [0.25, 0.3) is 0 Å². The zero-order valence-electron chi connectivity index (χ0n) is 15.7. The first-order valence-corrected chi connectivity index (χ1v) is 9.26. The molecular weight excluding hydrogens is 362 g/mol. The molecule has 1 aliphatic rings. The van der Waals surface area contributed by atoms with Crippen LogP contribution in [0.15, 0.2) is 71.5 Å².